The molecule has 2 rings (SSSR count). The molecule has 0 saturated carbocycles. The molecular weight excluding hydrogens is 348 g/mol. The highest BCUT2D eigenvalue weighted by Crippen LogP contribution is 2.26. The SMILES string of the molecule is NC(=O)CC(c1c[nH]c(=S)[nH]1)n1cc(Br)cc1C(=O)O. The molecule has 0 aliphatic rings. The van der Waals surface area contributed by atoms with E-state index in [9.17, 15) is 14.7 Å². The van der Waals surface area contributed by atoms with Gasteiger partial charge in [0.15, 0.2) is 4.77 Å². The largest absolute Gasteiger partial charge is 0.477 e. The van der Waals surface area contributed by atoms with Gasteiger partial charge in [-0.15, -0.1) is 0 Å². The molecule has 0 bridgehead atoms. The second kappa shape index (κ2) is 5.63. The molecule has 9 heteroatoms. The van der Waals surface area contributed by atoms with Gasteiger partial charge in [0.05, 0.1) is 18.2 Å². The maximum atomic E-state index is 11.3. The van der Waals surface area contributed by atoms with Crippen molar-refractivity contribution in [3.05, 3.63) is 39.1 Å². The van der Waals surface area contributed by atoms with Crippen molar-refractivity contribution in [1.29, 1.82) is 0 Å². The van der Waals surface area contributed by atoms with E-state index in [4.69, 9.17) is 18.0 Å². The zero-order chi connectivity index (χ0) is 14.9. The summed E-state index contributed by atoms with van der Waals surface area (Å²) in [6.07, 6.45) is 3.13. The Kier molecular flexibility index (Phi) is 4.09. The minimum atomic E-state index is -1.10. The van der Waals surface area contributed by atoms with Gasteiger partial charge in [-0.1, -0.05) is 0 Å². The average molecular weight is 359 g/mol. The van der Waals surface area contributed by atoms with E-state index in [-0.39, 0.29) is 12.1 Å². The molecule has 1 unspecified atom stereocenters. The second-order valence-electron chi connectivity index (χ2n) is 4.14. The van der Waals surface area contributed by atoms with E-state index >= 15 is 0 Å². The van der Waals surface area contributed by atoms with Crippen molar-refractivity contribution < 1.29 is 14.7 Å². The van der Waals surface area contributed by atoms with Crippen LogP contribution in [-0.4, -0.2) is 31.5 Å². The fourth-order valence-electron chi connectivity index (χ4n) is 1.95. The summed E-state index contributed by atoms with van der Waals surface area (Å²) >= 11 is 8.17. The van der Waals surface area contributed by atoms with Gasteiger partial charge in [0, 0.05) is 16.9 Å². The highest BCUT2D eigenvalue weighted by Gasteiger charge is 2.23. The van der Waals surface area contributed by atoms with Gasteiger partial charge in [0.25, 0.3) is 0 Å². The Bertz CT molecular complexity index is 717. The lowest BCUT2D eigenvalue weighted by atomic mass is 10.1. The average Bonchev–Trinajstić information content (AvgIpc) is 2.92. The lowest BCUT2D eigenvalue weighted by Gasteiger charge is -2.17. The molecule has 20 heavy (non-hydrogen) atoms. The number of H-pyrrole nitrogens is 2. The van der Waals surface area contributed by atoms with Crippen LogP contribution in [0.5, 0.6) is 0 Å². The van der Waals surface area contributed by atoms with Crippen LogP contribution >= 0.6 is 28.1 Å². The lowest BCUT2D eigenvalue weighted by molar-refractivity contribution is -0.118. The molecule has 2 aromatic heterocycles. The summed E-state index contributed by atoms with van der Waals surface area (Å²) in [7, 11) is 0. The second-order valence-corrected chi connectivity index (χ2v) is 5.46. The highest BCUT2D eigenvalue weighted by atomic mass is 79.9. The summed E-state index contributed by atoms with van der Waals surface area (Å²) in [5.74, 6) is -1.64. The molecule has 0 fully saturated rings. The first kappa shape index (κ1) is 14.5. The van der Waals surface area contributed by atoms with Crippen molar-refractivity contribution in [1.82, 2.24) is 14.5 Å². The van der Waals surface area contributed by atoms with Gasteiger partial charge in [0.2, 0.25) is 5.91 Å². The molecule has 0 radical (unpaired) electrons. The molecule has 2 aromatic rings. The normalized spacial score (nSPS) is 12.2. The molecule has 0 aliphatic carbocycles. The minimum absolute atomic E-state index is 0.0450. The van der Waals surface area contributed by atoms with Crippen molar-refractivity contribution in [3.8, 4) is 0 Å². The molecule has 1 amide bonds. The first-order valence-corrected chi connectivity index (χ1v) is 6.75. The third-order valence-electron chi connectivity index (χ3n) is 2.74. The Balaban J connectivity index is 2.54. The number of nitrogens with one attached hydrogen (secondary N) is 2. The van der Waals surface area contributed by atoms with Gasteiger partial charge in [-0.2, -0.15) is 0 Å². The smallest absolute Gasteiger partial charge is 0.352 e. The predicted octanol–water partition coefficient (Wildman–Crippen LogP) is 1.80. The van der Waals surface area contributed by atoms with Gasteiger partial charge >= 0.3 is 5.97 Å². The molecule has 0 spiro atoms. The third kappa shape index (κ3) is 2.99. The summed E-state index contributed by atoms with van der Waals surface area (Å²) in [5, 5.41) is 9.22. The molecule has 0 aliphatic heterocycles. The molecule has 1 atom stereocenters. The Hall–Kier alpha value is -1.87. The summed E-state index contributed by atoms with van der Waals surface area (Å²) in [6.45, 7) is 0. The monoisotopic (exact) mass is 358 g/mol. The van der Waals surface area contributed by atoms with E-state index in [1.807, 2.05) is 0 Å². The van der Waals surface area contributed by atoms with Gasteiger partial charge < -0.3 is 25.4 Å². The van der Waals surface area contributed by atoms with Crippen LogP contribution in [0.3, 0.4) is 0 Å². The number of amides is 1. The van der Waals surface area contributed by atoms with Gasteiger partial charge in [-0.25, -0.2) is 4.79 Å². The first-order chi connectivity index (χ1) is 9.38. The standard InChI is InChI=1S/C11H11BrN4O3S/c12-5-1-8(10(18)19)16(4-5)7(2-9(13)17)6-3-14-11(20)15-6/h1,3-4,7H,2H2,(H2,13,17)(H,18,19)(H2,14,15,20). The predicted molar refractivity (Wildman–Crippen MR) is 77.0 cm³/mol. The summed E-state index contributed by atoms with van der Waals surface area (Å²) < 4.78 is 2.45. The molecule has 5 N–H and O–H groups in total. The first-order valence-electron chi connectivity index (χ1n) is 5.55. The van der Waals surface area contributed by atoms with Crippen molar-refractivity contribution in [2.24, 2.45) is 5.73 Å². The number of carbonyl (C=O) groups is 2. The number of primary amides is 1. The number of hydrogen-bond donors (Lipinski definition) is 4. The van der Waals surface area contributed by atoms with Crippen LogP contribution in [-0.2, 0) is 4.79 Å². The Labute approximate surface area is 126 Å². The Morgan fingerprint density at radius 2 is 2.25 bits per heavy atom. The van der Waals surface area contributed by atoms with Crippen molar-refractivity contribution in [2.45, 2.75) is 12.5 Å². The van der Waals surface area contributed by atoms with Crippen LogP contribution in [0.1, 0.15) is 28.6 Å². The molecule has 2 heterocycles. The molecular formula is C11H11BrN4O3S. The van der Waals surface area contributed by atoms with E-state index in [1.54, 1.807) is 12.4 Å². The summed E-state index contributed by atoms with van der Waals surface area (Å²) in [6, 6.07) is 0.885. The maximum Gasteiger partial charge on any atom is 0.352 e. The summed E-state index contributed by atoms with van der Waals surface area (Å²) in [5.41, 5.74) is 5.87. The molecule has 106 valence electrons. The number of rotatable bonds is 5. The Morgan fingerprint density at radius 3 is 2.75 bits per heavy atom. The van der Waals surface area contributed by atoms with Crippen LogP contribution < -0.4 is 5.73 Å². The number of nitrogens with two attached hydrogens (primary N) is 1. The highest BCUT2D eigenvalue weighted by molar-refractivity contribution is 9.10. The summed E-state index contributed by atoms with van der Waals surface area (Å²) in [4.78, 5) is 28.2. The van der Waals surface area contributed by atoms with Crippen LogP contribution in [0.25, 0.3) is 0 Å². The van der Waals surface area contributed by atoms with Crippen molar-refractivity contribution in [3.63, 3.8) is 0 Å². The number of carboxylic acids is 1. The number of hydrogen-bond acceptors (Lipinski definition) is 3. The molecule has 0 saturated heterocycles. The topological polar surface area (TPSA) is 117 Å². The van der Waals surface area contributed by atoms with Crippen molar-refractivity contribution in [2.75, 3.05) is 0 Å². The third-order valence-corrected chi connectivity index (χ3v) is 3.39. The number of halogens is 1. The van der Waals surface area contributed by atoms with Crippen LogP contribution in [0, 0.1) is 4.77 Å². The zero-order valence-corrected chi connectivity index (χ0v) is 12.5. The van der Waals surface area contributed by atoms with Gasteiger partial charge in [-0.3, -0.25) is 4.79 Å². The minimum Gasteiger partial charge on any atom is -0.477 e. The van der Waals surface area contributed by atoms with Crippen LogP contribution in [0.15, 0.2) is 22.9 Å². The fraction of sp³-hybridized carbons (Fsp3) is 0.182. The number of aromatic nitrogens is 3. The molecule has 0 aromatic carbocycles. The number of aromatic amines is 2. The van der Waals surface area contributed by atoms with Gasteiger partial charge in [-0.05, 0) is 34.2 Å². The Morgan fingerprint density at radius 1 is 1.55 bits per heavy atom. The van der Waals surface area contributed by atoms with Crippen LogP contribution in [0.4, 0.5) is 0 Å². The van der Waals surface area contributed by atoms with E-state index in [0.717, 1.165) is 0 Å². The lowest BCUT2D eigenvalue weighted by Crippen LogP contribution is -2.22. The van der Waals surface area contributed by atoms with E-state index < -0.39 is 17.9 Å². The number of imidazole rings is 1. The fourth-order valence-corrected chi connectivity index (χ4v) is 2.56. The van der Waals surface area contributed by atoms with E-state index in [0.29, 0.717) is 14.9 Å². The van der Waals surface area contributed by atoms with E-state index in [1.165, 1.54) is 10.6 Å². The van der Waals surface area contributed by atoms with E-state index in [2.05, 4.69) is 25.9 Å². The van der Waals surface area contributed by atoms with Gasteiger partial charge in [0.1, 0.15) is 5.69 Å². The number of carboxylic acid groups (broad SMARTS) is 1. The van der Waals surface area contributed by atoms with Crippen LogP contribution in [0.2, 0.25) is 0 Å². The number of nitrogens with zero attached hydrogens (tertiary/aromatic N) is 1. The maximum absolute atomic E-state index is 11.3. The quantitative estimate of drug-likeness (QED) is 0.609. The zero-order valence-electron chi connectivity index (χ0n) is 10.1. The number of carbonyl (C=O) groups excluding carboxylic acids is 1. The number of aromatic carboxylic acids is 1. The molecule has 7 nitrogen and oxygen atoms in total. The van der Waals surface area contributed by atoms with Crippen molar-refractivity contribution >= 4 is 40.0 Å².